The monoisotopic (exact) mass is 465 g/mol. The quantitative estimate of drug-likeness (QED) is 0.285. The molecule has 2 heterocycles. The molecule has 5 atom stereocenters. The molecule has 8 heteroatoms. The number of hydrogen-bond acceptors (Lipinski definition) is 6. The lowest BCUT2D eigenvalue weighted by molar-refractivity contribution is -0.947. The van der Waals surface area contributed by atoms with Gasteiger partial charge < -0.3 is 13.8 Å². The van der Waals surface area contributed by atoms with Crippen LogP contribution in [0.2, 0.25) is 0 Å². The van der Waals surface area contributed by atoms with Crippen molar-refractivity contribution in [2.24, 2.45) is 5.92 Å². The lowest BCUT2D eigenvalue weighted by Crippen LogP contribution is -2.58. The van der Waals surface area contributed by atoms with E-state index in [0.29, 0.717) is 12.1 Å². The first-order valence-corrected chi connectivity index (χ1v) is 12.8. The largest absolute Gasteiger partial charge is 0.726 e. The van der Waals surface area contributed by atoms with E-state index in [4.69, 9.17) is 4.74 Å². The number of piperidine rings is 1. The van der Waals surface area contributed by atoms with E-state index in [1.165, 1.54) is 35.0 Å². The highest BCUT2D eigenvalue weighted by Crippen LogP contribution is 2.42. The molecule has 0 N–H and O–H groups in total. The Hall–Kier alpha value is -1.74. The van der Waals surface area contributed by atoms with E-state index in [0.717, 1.165) is 39.2 Å². The third-order valence-electron chi connectivity index (χ3n) is 7.57. The minimum absolute atomic E-state index is 0.0109. The van der Waals surface area contributed by atoms with Gasteiger partial charge >= 0.3 is 5.97 Å². The van der Waals surface area contributed by atoms with Crippen LogP contribution in [-0.2, 0) is 24.1 Å². The topological polar surface area (TPSA) is 92.7 Å². The predicted molar refractivity (Wildman–Crippen MR) is 121 cm³/mol. The molecule has 2 aliphatic heterocycles. The standard InChI is InChI=1S/C23H32NO2.CH4O4S/c1-3-24(2)18-13-14-19(24)16-20(15-18)26-23(25)22-12-8-7-11-21(22)17-9-5-4-6-10-17;1-5-6(2,3)4/h4-6,9-11,18-20,22H,3,7-8,12-16H2,1-2H3;1H3,(H,2,3,4)/q+1;/p-1/t18-,19+,20?,22?,24?;. The summed E-state index contributed by atoms with van der Waals surface area (Å²) >= 11 is 0. The Bertz CT molecular complexity index is 900. The molecule has 7 nitrogen and oxygen atoms in total. The Balaban J connectivity index is 0.000000427. The molecule has 3 aliphatic rings. The maximum Gasteiger partial charge on any atom is 0.313 e. The summed E-state index contributed by atoms with van der Waals surface area (Å²) in [6.07, 6.45) is 10.1. The molecule has 1 aliphatic carbocycles. The second-order valence-corrected chi connectivity index (χ2v) is 10.3. The number of allylic oxidation sites excluding steroid dienone is 1. The van der Waals surface area contributed by atoms with Gasteiger partial charge in [-0.15, -0.1) is 0 Å². The molecule has 3 unspecified atom stereocenters. The summed E-state index contributed by atoms with van der Waals surface area (Å²) in [5.74, 6) is -0.0745. The third-order valence-corrected chi connectivity index (χ3v) is 7.98. The number of nitrogens with zero attached hydrogens (tertiary/aromatic N) is 1. The van der Waals surface area contributed by atoms with Crippen LogP contribution in [0.5, 0.6) is 0 Å². The van der Waals surface area contributed by atoms with Gasteiger partial charge in [-0.3, -0.25) is 8.98 Å². The normalized spacial score (nSPS) is 31.8. The van der Waals surface area contributed by atoms with Gasteiger partial charge in [-0.1, -0.05) is 36.4 Å². The smallest absolute Gasteiger partial charge is 0.313 e. The van der Waals surface area contributed by atoms with Gasteiger partial charge in [-0.25, -0.2) is 8.42 Å². The zero-order valence-corrected chi connectivity index (χ0v) is 20.1. The van der Waals surface area contributed by atoms with Crippen molar-refractivity contribution >= 4 is 21.9 Å². The number of fused-ring (bicyclic) bond motifs is 2. The Kier molecular flexibility index (Phi) is 8.14. The van der Waals surface area contributed by atoms with Gasteiger partial charge in [0.2, 0.25) is 10.4 Å². The molecule has 0 aromatic heterocycles. The fourth-order valence-corrected chi connectivity index (χ4v) is 5.62. The number of rotatable bonds is 5. The van der Waals surface area contributed by atoms with E-state index in [-0.39, 0.29) is 18.0 Å². The van der Waals surface area contributed by atoms with Crippen LogP contribution < -0.4 is 0 Å². The Morgan fingerprint density at radius 1 is 1.12 bits per heavy atom. The van der Waals surface area contributed by atoms with E-state index in [2.05, 4.69) is 48.5 Å². The molecule has 0 amide bonds. The zero-order valence-electron chi connectivity index (χ0n) is 19.2. The second kappa shape index (κ2) is 10.5. The lowest BCUT2D eigenvalue weighted by atomic mass is 9.83. The van der Waals surface area contributed by atoms with Gasteiger partial charge in [0.1, 0.15) is 6.10 Å². The number of benzene rings is 1. The summed E-state index contributed by atoms with van der Waals surface area (Å²) in [5.41, 5.74) is 2.35. The van der Waals surface area contributed by atoms with Crippen molar-refractivity contribution in [3.8, 4) is 0 Å². The van der Waals surface area contributed by atoms with Crippen molar-refractivity contribution in [1.29, 1.82) is 0 Å². The maximum atomic E-state index is 13.0. The van der Waals surface area contributed by atoms with Crippen LogP contribution in [-0.4, -0.2) is 62.3 Å². The number of ether oxygens (including phenoxy) is 1. The van der Waals surface area contributed by atoms with Crippen LogP contribution >= 0.6 is 0 Å². The summed E-state index contributed by atoms with van der Waals surface area (Å²) in [4.78, 5) is 13.0. The summed E-state index contributed by atoms with van der Waals surface area (Å²) in [6, 6.07) is 11.7. The molecule has 0 saturated carbocycles. The molecule has 4 rings (SSSR count). The molecule has 2 bridgehead atoms. The molecule has 2 saturated heterocycles. The molecule has 0 radical (unpaired) electrons. The Labute approximate surface area is 191 Å². The van der Waals surface area contributed by atoms with E-state index >= 15 is 0 Å². The number of carbonyl (C=O) groups excluding carboxylic acids is 1. The molecular formula is C24H35NO6S. The summed E-state index contributed by atoms with van der Waals surface area (Å²) < 4.78 is 38.3. The molecule has 2 fully saturated rings. The summed E-state index contributed by atoms with van der Waals surface area (Å²) in [6.45, 7) is 3.50. The lowest BCUT2D eigenvalue weighted by Gasteiger charge is -2.46. The average molecular weight is 466 g/mol. The van der Waals surface area contributed by atoms with E-state index in [1.807, 2.05) is 6.07 Å². The van der Waals surface area contributed by atoms with E-state index in [1.54, 1.807) is 0 Å². The van der Waals surface area contributed by atoms with Crippen molar-refractivity contribution in [2.45, 2.75) is 70.1 Å². The minimum atomic E-state index is -4.41. The Morgan fingerprint density at radius 2 is 1.72 bits per heavy atom. The number of carbonyl (C=O) groups is 1. The van der Waals surface area contributed by atoms with Gasteiger partial charge in [0.25, 0.3) is 0 Å². The van der Waals surface area contributed by atoms with E-state index in [9.17, 15) is 17.8 Å². The molecule has 1 aromatic carbocycles. The molecule has 32 heavy (non-hydrogen) atoms. The van der Waals surface area contributed by atoms with Crippen molar-refractivity contribution in [1.82, 2.24) is 0 Å². The van der Waals surface area contributed by atoms with Gasteiger partial charge in [0.05, 0.1) is 38.7 Å². The highest BCUT2D eigenvalue weighted by molar-refractivity contribution is 7.80. The molecule has 178 valence electrons. The van der Waals surface area contributed by atoms with Crippen LogP contribution in [0.4, 0.5) is 0 Å². The first kappa shape index (κ1) is 24.9. The van der Waals surface area contributed by atoms with Gasteiger partial charge in [0.15, 0.2) is 0 Å². The first-order chi connectivity index (χ1) is 15.2. The summed E-state index contributed by atoms with van der Waals surface area (Å²) in [5, 5.41) is 0. The van der Waals surface area contributed by atoms with Crippen LogP contribution in [0.15, 0.2) is 36.4 Å². The van der Waals surface area contributed by atoms with Crippen molar-refractivity contribution in [3.63, 3.8) is 0 Å². The number of esters is 1. The second-order valence-electron chi connectivity index (χ2n) is 9.16. The number of quaternary nitrogens is 1. The molecule has 1 aromatic rings. The fraction of sp³-hybridized carbons (Fsp3) is 0.625. The van der Waals surface area contributed by atoms with Crippen molar-refractivity contribution < 1.29 is 31.2 Å². The molecular weight excluding hydrogens is 430 g/mol. The third kappa shape index (κ3) is 5.78. The minimum Gasteiger partial charge on any atom is -0.726 e. The number of hydrogen-bond donors (Lipinski definition) is 0. The van der Waals surface area contributed by atoms with Crippen LogP contribution in [0.25, 0.3) is 5.57 Å². The fourth-order valence-electron chi connectivity index (χ4n) is 5.62. The van der Waals surface area contributed by atoms with Gasteiger partial charge in [-0.2, -0.15) is 0 Å². The van der Waals surface area contributed by atoms with Crippen molar-refractivity contribution in [3.05, 3.63) is 42.0 Å². The van der Waals surface area contributed by atoms with Crippen LogP contribution in [0.3, 0.4) is 0 Å². The zero-order chi connectivity index (χ0) is 23.4. The predicted octanol–water partition coefficient (Wildman–Crippen LogP) is 3.67. The maximum absolute atomic E-state index is 13.0. The highest BCUT2D eigenvalue weighted by atomic mass is 32.3. The van der Waals surface area contributed by atoms with Gasteiger partial charge in [0, 0.05) is 25.7 Å². The van der Waals surface area contributed by atoms with Gasteiger partial charge in [-0.05, 0) is 37.3 Å². The molecule has 0 spiro atoms. The highest BCUT2D eigenvalue weighted by Gasteiger charge is 2.51. The van der Waals surface area contributed by atoms with Crippen LogP contribution in [0.1, 0.15) is 57.4 Å². The first-order valence-electron chi connectivity index (χ1n) is 11.5. The Morgan fingerprint density at radius 3 is 2.25 bits per heavy atom. The summed E-state index contributed by atoms with van der Waals surface area (Å²) in [7, 11) is -1.20. The average Bonchev–Trinajstić information content (AvgIpc) is 2.95. The SMILES string of the molecule is CC[N+]1(C)[C@@H]2CC[C@H]1CC(OC(=O)C1CCCC=C1c1ccccc1)C2.COS(=O)(=O)[O-]. The van der Waals surface area contributed by atoms with Crippen molar-refractivity contribution in [2.75, 3.05) is 20.7 Å². The van der Waals surface area contributed by atoms with Crippen LogP contribution in [0, 0.1) is 5.92 Å². The van der Waals surface area contributed by atoms with E-state index < -0.39 is 10.4 Å².